The molecule has 0 aliphatic rings. The number of hydrogen-bond acceptors (Lipinski definition) is 3. The fourth-order valence-corrected chi connectivity index (χ4v) is 1.36. The van der Waals surface area contributed by atoms with Crippen LogP contribution in [0, 0.1) is 10.1 Å². The van der Waals surface area contributed by atoms with Crippen molar-refractivity contribution in [3.8, 4) is 0 Å². The van der Waals surface area contributed by atoms with Gasteiger partial charge in [0, 0.05) is 17.3 Å². The zero-order chi connectivity index (χ0) is 10.7. The number of nitrogens with zero attached hydrogens (tertiary/aromatic N) is 1. The average Bonchev–Trinajstić information content (AvgIpc) is 2.16. The molecule has 0 radical (unpaired) electrons. The van der Waals surface area contributed by atoms with Crippen molar-refractivity contribution in [2.75, 3.05) is 5.73 Å². The van der Waals surface area contributed by atoms with Crippen LogP contribution in [0.2, 0.25) is 0 Å². The molecule has 1 aromatic carbocycles. The van der Waals surface area contributed by atoms with E-state index in [0.717, 1.165) is 12.0 Å². The molecule has 0 fully saturated rings. The highest BCUT2D eigenvalue weighted by Crippen LogP contribution is 2.29. The van der Waals surface area contributed by atoms with Gasteiger partial charge in [-0.05, 0) is 24.5 Å². The fraction of sp³-hybridized carbons (Fsp3) is 0.400. The first-order valence-corrected chi connectivity index (χ1v) is 4.60. The summed E-state index contributed by atoms with van der Waals surface area (Å²) in [6.45, 7) is 3.98. The Hall–Kier alpha value is -1.58. The minimum atomic E-state index is -0.377. The highest BCUT2D eigenvalue weighted by molar-refractivity contribution is 5.53. The normalized spacial score (nSPS) is 12.4. The van der Waals surface area contributed by atoms with Crippen LogP contribution in [-0.2, 0) is 0 Å². The summed E-state index contributed by atoms with van der Waals surface area (Å²) in [7, 11) is 0. The van der Waals surface area contributed by atoms with Gasteiger partial charge >= 0.3 is 0 Å². The lowest BCUT2D eigenvalue weighted by atomic mass is 9.97. The van der Waals surface area contributed by atoms with Crippen LogP contribution in [0.1, 0.15) is 31.7 Å². The maximum Gasteiger partial charge on any atom is 0.274 e. The summed E-state index contributed by atoms with van der Waals surface area (Å²) in [5.74, 6) is 0.191. The van der Waals surface area contributed by atoms with Crippen molar-refractivity contribution in [3.05, 3.63) is 33.9 Å². The molecule has 0 saturated carbocycles. The van der Waals surface area contributed by atoms with Gasteiger partial charge in [0.15, 0.2) is 0 Å². The average molecular weight is 194 g/mol. The summed E-state index contributed by atoms with van der Waals surface area (Å²) in [6.07, 6.45) is 0.880. The maximum atomic E-state index is 10.7. The molecular formula is C10H14N2O2. The molecule has 4 nitrogen and oxygen atoms in total. The van der Waals surface area contributed by atoms with E-state index in [0.29, 0.717) is 5.69 Å². The van der Waals surface area contributed by atoms with E-state index >= 15 is 0 Å². The molecule has 1 unspecified atom stereocenters. The Morgan fingerprint density at radius 2 is 2.21 bits per heavy atom. The summed E-state index contributed by atoms with van der Waals surface area (Å²) >= 11 is 0. The lowest BCUT2D eigenvalue weighted by Gasteiger charge is -2.09. The van der Waals surface area contributed by atoms with Gasteiger partial charge in [0.2, 0.25) is 0 Å². The van der Waals surface area contributed by atoms with Gasteiger partial charge in [-0.1, -0.05) is 13.8 Å². The molecular weight excluding hydrogens is 180 g/mol. The summed E-state index contributed by atoms with van der Waals surface area (Å²) in [6, 6.07) is 4.86. The Balaban J connectivity index is 3.21. The van der Waals surface area contributed by atoms with Crippen molar-refractivity contribution >= 4 is 11.4 Å². The van der Waals surface area contributed by atoms with Gasteiger partial charge in [-0.3, -0.25) is 10.1 Å². The standard InChI is InChI=1S/C10H14N2O2/c1-3-7(2)9-5-4-8(11)6-10(9)12(13)14/h4-7H,3,11H2,1-2H3. The Morgan fingerprint density at radius 3 is 2.71 bits per heavy atom. The zero-order valence-corrected chi connectivity index (χ0v) is 8.36. The van der Waals surface area contributed by atoms with E-state index in [1.165, 1.54) is 6.07 Å². The van der Waals surface area contributed by atoms with E-state index in [9.17, 15) is 10.1 Å². The van der Waals surface area contributed by atoms with E-state index in [1.807, 2.05) is 13.8 Å². The van der Waals surface area contributed by atoms with Gasteiger partial charge in [-0.25, -0.2) is 0 Å². The van der Waals surface area contributed by atoms with Crippen LogP contribution in [-0.4, -0.2) is 4.92 Å². The smallest absolute Gasteiger partial charge is 0.274 e. The minimum Gasteiger partial charge on any atom is -0.399 e. The van der Waals surface area contributed by atoms with Crippen LogP contribution in [0.3, 0.4) is 0 Å². The Labute approximate surface area is 82.9 Å². The topological polar surface area (TPSA) is 69.2 Å². The Bertz CT molecular complexity index is 350. The third-order valence-corrected chi connectivity index (χ3v) is 2.39. The van der Waals surface area contributed by atoms with E-state index in [-0.39, 0.29) is 16.5 Å². The predicted octanol–water partition coefficient (Wildman–Crippen LogP) is 2.69. The van der Waals surface area contributed by atoms with Gasteiger partial charge in [-0.2, -0.15) is 0 Å². The minimum absolute atomic E-state index is 0.124. The molecule has 0 bridgehead atoms. The molecule has 0 aliphatic heterocycles. The third kappa shape index (κ3) is 2.02. The number of nitrogen functional groups attached to an aromatic ring is 1. The van der Waals surface area contributed by atoms with Gasteiger partial charge in [0.1, 0.15) is 0 Å². The predicted molar refractivity (Wildman–Crippen MR) is 56.2 cm³/mol. The molecule has 0 heterocycles. The number of hydrogen-bond donors (Lipinski definition) is 1. The van der Waals surface area contributed by atoms with Crippen molar-refractivity contribution in [2.24, 2.45) is 0 Å². The van der Waals surface area contributed by atoms with E-state index < -0.39 is 0 Å². The van der Waals surface area contributed by atoms with Crippen LogP contribution in [0.5, 0.6) is 0 Å². The quantitative estimate of drug-likeness (QED) is 0.457. The molecule has 1 aromatic rings. The van der Waals surface area contributed by atoms with Gasteiger partial charge in [0.25, 0.3) is 5.69 Å². The summed E-state index contributed by atoms with van der Waals surface area (Å²) in [4.78, 5) is 10.4. The van der Waals surface area contributed by atoms with Gasteiger partial charge in [0.05, 0.1) is 4.92 Å². The van der Waals surface area contributed by atoms with Crippen molar-refractivity contribution in [3.63, 3.8) is 0 Å². The first kappa shape index (κ1) is 10.5. The van der Waals surface area contributed by atoms with Crippen LogP contribution in [0.15, 0.2) is 18.2 Å². The molecule has 0 spiro atoms. The summed E-state index contributed by atoms with van der Waals surface area (Å²) in [5, 5.41) is 10.7. The van der Waals surface area contributed by atoms with Crippen LogP contribution in [0.4, 0.5) is 11.4 Å². The number of nitrogens with two attached hydrogens (primary N) is 1. The van der Waals surface area contributed by atoms with E-state index in [4.69, 9.17) is 5.73 Å². The zero-order valence-electron chi connectivity index (χ0n) is 8.36. The molecule has 0 amide bonds. The lowest BCUT2D eigenvalue weighted by Crippen LogP contribution is -2.00. The first-order chi connectivity index (χ1) is 6.56. The number of nitro groups is 1. The molecule has 1 rings (SSSR count). The number of anilines is 1. The number of nitro benzene ring substituents is 1. The SMILES string of the molecule is CCC(C)c1ccc(N)cc1[N+](=O)[O-]. The molecule has 0 aliphatic carbocycles. The highest BCUT2D eigenvalue weighted by Gasteiger charge is 2.17. The molecule has 1 atom stereocenters. The maximum absolute atomic E-state index is 10.7. The molecule has 2 N–H and O–H groups in total. The van der Waals surface area contributed by atoms with Crippen molar-refractivity contribution in [1.29, 1.82) is 0 Å². The molecule has 4 heteroatoms. The van der Waals surface area contributed by atoms with Crippen LogP contribution in [0.25, 0.3) is 0 Å². The van der Waals surface area contributed by atoms with E-state index in [2.05, 4.69) is 0 Å². The third-order valence-electron chi connectivity index (χ3n) is 2.39. The van der Waals surface area contributed by atoms with Crippen LogP contribution < -0.4 is 5.73 Å². The van der Waals surface area contributed by atoms with Crippen molar-refractivity contribution in [1.82, 2.24) is 0 Å². The Morgan fingerprint density at radius 1 is 1.57 bits per heavy atom. The Kier molecular flexibility index (Phi) is 3.06. The second-order valence-corrected chi connectivity index (χ2v) is 3.38. The van der Waals surface area contributed by atoms with Gasteiger partial charge in [-0.15, -0.1) is 0 Å². The molecule has 14 heavy (non-hydrogen) atoms. The van der Waals surface area contributed by atoms with E-state index in [1.54, 1.807) is 12.1 Å². The van der Waals surface area contributed by atoms with Gasteiger partial charge < -0.3 is 5.73 Å². The lowest BCUT2D eigenvalue weighted by molar-refractivity contribution is -0.385. The number of rotatable bonds is 3. The summed E-state index contributed by atoms with van der Waals surface area (Å²) < 4.78 is 0. The first-order valence-electron chi connectivity index (χ1n) is 4.60. The second-order valence-electron chi connectivity index (χ2n) is 3.38. The fourth-order valence-electron chi connectivity index (χ4n) is 1.36. The monoisotopic (exact) mass is 194 g/mol. The molecule has 76 valence electrons. The largest absolute Gasteiger partial charge is 0.399 e. The van der Waals surface area contributed by atoms with Crippen LogP contribution >= 0.6 is 0 Å². The highest BCUT2D eigenvalue weighted by atomic mass is 16.6. The molecule has 0 saturated heterocycles. The summed E-state index contributed by atoms with van der Waals surface area (Å²) in [5.41, 5.74) is 6.82. The number of benzene rings is 1. The van der Waals surface area contributed by atoms with Crippen molar-refractivity contribution < 1.29 is 4.92 Å². The molecule has 0 aromatic heterocycles. The van der Waals surface area contributed by atoms with Crippen molar-refractivity contribution in [2.45, 2.75) is 26.2 Å². The second kappa shape index (κ2) is 4.09.